The third-order valence-corrected chi connectivity index (χ3v) is 3.93. The van der Waals surface area contributed by atoms with Crippen molar-refractivity contribution < 1.29 is 27.1 Å². The van der Waals surface area contributed by atoms with Gasteiger partial charge in [-0.1, -0.05) is 11.6 Å². The molecule has 0 saturated carbocycles. The minimum atomic E-state index is -4.20. The van der Waals surface area contributed by atoms with Gasteiger partial charge in [0.1, 0.15) is 11.9 Å². The number of carbonyl (C=O) groups is 1. The van der Waals surface area contributed by atoms with Gasteiger partial charge in [-0.05, 0) is 19.1 Å². The number of carbonyl (C=O) groups excluding carboxylic acids is 1. The van der Waals surface area contributed by atoms with Crippen LogP contribution in [-0.2, 0) is 18.5 Å². The van der Waals surface area contributed by atoms with Crippen LogP contribution in [0.4, 0.5) is 4.39 Å². The first-order valence-corrected chi connectivity index (χ1v) is 7.99. The van der Waals surface area contributed by atoms with Crippen molar-refractivity contribution in [2.75, 3.05) is 13.7 Å². The van der Waals surface area contributed by atoms with Gasteiger partial charge in [0.15, 0.2) is 0 Å². The van der Waals surface area contributed by atoms with Crippen LogP contribution in [0.2, 0.25) is 5.02 Å². The predicted octanol–water partition coefficient (Wildman–Crippen LogP) is 2.60. The van der Waals surface area contributed by atoms with Gasteiger partial charge >= 0.3 is 5.97 Å². The predicted molar refractivity (Wildman–Crippen MR) is 71.2 cm³/mol. The Morgan fingerprint density at radius 1 is 1.45 bits per heavy atom. The zero-order chi connectivity index (χ0) is 15.5. The van der Waals surface area contributed by atoms with Gasteiger partial charge in [0.2, 0.25) is 0 Å². The Balaban J connectivity index is 3.17. The van der Waals surface area contributed by atoms with E-state index in [0.29, 0.717) is 6.07 Å². The minimum Gasteiger partial charge on any atom is -0.457 e. The van der Waals surface area contributed by atoms with Crippen LogP contribution in [0.3, 0.4) is 0 Å². The van der Waals surface area contributed by atoms with Crippen LogP contribution in [-0.4, -0.2) is 34.2 Å². The maximum absolute atomic E-state index is 13.5. The molecule has 0 spiro atoms. The normalized spacial score (nSPS) is 13.1. The molecule has 1 aromatic rings. The van der Waals surface area contributed by atoms with Crippen molar-refractivity contribution in [2.45, 2.75) is 17.9 Å². The first kappa shape index (κ1) is 17.2. The van der Waals surface area contributed by atoms with Gasteiger partial charge in [0, 0.05) is 17.8 Å². The van der Waals surface area contributed by atoms with Crippen molar-refractivity contribution >= 4 is 37.3 Å². The van der Waals surface area contributed by atoms with Crippen LogP contribution in [0.15, 0.2) is 17.0 Å². The zero-order valence-electron chi connectivity index (χ0n) is 10.5. The Bertz CT molecular complexity index is 617. The SMILES string of the molecule is COCC(C)OC(=O)c1cc(S(=O)(=O)Cl)cc(F)c1Cl. The molecule has 9 heteroatoms. The monoisotopic (exact) mass is 344 g/mol. The van der Waals surface area contributed by atoms with Crippen LogP contribution in [0.25, 0.3) is 0 Å². The average Bonchev–Trinajstić information content (AvgIpc) is 2.31. The molecule has 0 aromatic heterocycles. The topological polar surface area (TPSA) is 69.7 Å². The van der Waals surface area contributed by atoms with Crippen molar-refractivity contribution in [1.82, 2.24) is 0 Å². The fourth-order valence-electron chi connectivity index (χ4n) is 1.37. The fraction of sp³-hybridized carbons (Fsp3) is 0.364. The maximum Gasteiger partial charge on any atom is 0.340 e. The van der Waals surface area contributed by atoms with Crippen LogP contribution >= 0.6 is 22.3 Å². The fourth-order valence-corrected chi connectivity index (χ4v) is 2.32. The largest absolute Gasteiger partial charge is 0.457 e. The molecule has 1 aromatic carbocycles. The molecule has 0 amide bonds. The van der Waals surface area contributed by atoms with E-state index in [4.69, 9.17) is 31.8 Å². The first-order valence-electron chi connectivity index (χ1n) is 5.30. The lowest BCUT2D eigenvalue weighted by molar-refractivity contribution is 0.0119. The zero-order valence-corrected chi connectivity index (χ0v) is 12.9. The van der Waals surface area contributed by atoms with Gasteiger partial charge < -0.3 is 9.47 Å². The molecule has 0 heterocycles. The van der Waals surface area contributed by atoms with Crippen molar-refractivity contribution in [3.05, 3.63) is 28.5 Å². The molecule has 0 aliphatic rings. The number of rotatable bonds is 5. The third-order valence-electron chi connectivity index (χ3n) is 2.21. The minimum absolute atomic E-state index is 0.124. The molecule has 0 saturated heterocycles. The summed E-state index contributed by atoms with van der Waals surface area (Å²) in [5, 5.41) is -0.538. The molecule has 0 radical (unpaired) electrons. The summed E-state index contributed by atoms with van der Waals surface area (Å²) in [4.78, 5) is 11.2. The van der Waals surface area contributed by atoms with E-state index in [1.807, 2.05) is 0 Å². The summed E-state index contributed by atoms with van der Waals surface area (Å²) in [6.45, 7) is 1.67. The molecular formula is C11H11Cl2FO5S. The van der Waals surface area contributed by atoms with Crippen LogP contribution in [0.5, 0.6) is 0 Å². The number of halogens is 3. The Morgan fingerprint density at radius 3 is 2.55 bits per heavy atom. The van der Waals surface area contributed by atoms with E-state index in [9.17, 15) is 17.6 Å². The highest BCUT2D eigenvalue weighted by Crippen LogP contribution is 2.27. The molecule has 0 N–H and O–H groups in total. The van der Waals surface area contributed by atoms with E-state index in [1.165, 1.54) is 7.11 Å². The van der Waals surface area contributed by atoms with Crippen LogP contribution in [0.1, 0.15) is 17.3 Å². The van der Waals surface area contributed by atoms with E-state index in [2.05, 4.69) is 0 Å². The second-order valence-corrected chi connectivity index (χ2v) is 6.82. The highest BCUT2D eigenvalue weighted by molar-refractivity contribution is 8.13. The molecular weight excluding hydrogens is 334 g/mol. The molecule has 1 atom stereocenters. The van der Waals surface area contributed by atoms with Gasteiger partial charge in [-0.2, -0.15) is 0 Å². The van der Waals surface area contributed by atoms with Gasteiger partial charge in [-0.15, -0.1) is 0 Å². The Kier molecular flexibility index (Phi) is 5.76. The Morgan fingerprint density at radius 2 is 2.05 bits per heavy atom. The number of methoxy groups -OCH3 is 1. The number of ether oxygens (including phenoxy) is 2. The second kappa shape index (κ2) is 6.71. The Labute approximate surface area is 125 Å². The molecule has 1 rings (SSSR count). The average molecular weight is 345 g/mol. The summed E-state index contributed by atoms with van der Waals surface area (Å²) in [5.41, 5.74) is -0.422. The van der Waals surface area contributed by atoms with Gasteiger partial charge in [0.05, 0.1) is 22.1 Å². The molecule has 112 valence electrons. The highest BCUT2D eigenvalue weighted by atomic mass is 35.7. The molecule has 0 aliphatic heterocycles. The van der Waals surface area contributed by atoms with Crippen LogP contribution < -0.4 is 0 Å². The summed E-state index contributed by atoms with van der Waals surface area (Å²) < 4.78 is 45.6. The summed E-state index contributed by atoms with van der Waals surface area (Å²) in [6.07, 6.45) is -0.608. The number of benzene rings is 1. The van der Waals surface area contributed by atoms with Crippen molar-refractivity contribution in [1.29, 1.82) is 0 Å². The van der Waals surface area contributed by atoms with E-state index >= 15 is 0 Å². The van der Waals surface area contributed by atoms with Gasteiger partial charge in [-0.3, -0.25) is 0 Å². The van der Waals surface area contributed by atoms with E-state index in [-0.39, 0.29) is 6.61 Å². The molecule has 5 nitrogen and oxygen atoms in total. The molecule has 0 bridgehead atoms. The number of esters is 1. The van der Waals surface area contributed by atoms with Gasteiger partial charge in [-0.25, -0.2) is 17.6 Å². The maximum atomic E-state index is 13.5. The quantitative estimate of drug-likeness (QED) is 0.606. The summed E-state index contributed by atoms with van der Waals surface area (Å²) in [7, 11) is 2.32. The van der Waals surface area contributed by atoms with Crippen molar-refractivity contribution in [3.63, 3.8) is 0 Å². The van der Waals surface area contributed by atoms with E-state index in [0.717, 1.165) is 6.07 Å². The number of hydrogen-bond acceptors (Lipinski definition) is 5. The lowest BCUT2D eigenvalue weighted by atomic mass is 10.2. The van der Waals surface area contributed by atoms with E-state index in [1.54, 1.807) is 6.92 Å². The molecule has 1 unspecified atom stereocenters. The third kappa shape index (κ3) is 4.31. The summed E-state index contributed by atoms with van der Waals surface area (Å²) in [6, 6.07) is 1.48. The molecule has 0 aliphatic carbocycles. The second-order valence-electron chi connectivity index (χ2n) is 3.88. The van der Waals surface area contributed by atoms with Crippen LogP contribution in [0, 0.1) is 5.82 Å². The lowest BCUT2D eigenvalue weighted by Crippen LogP contribution is -2.20. The van der Waals surface area contributed by atoms with E-state index < -0.39 is 42.4 Å². The first-order chi connectivity index (χ1) is 9.16. The Hall–Kier alpha value is -0.890. The standard InChI is InChI=1S/C11H11Cl2FO5S/c1-6(5-18-2)19-11(15)8-3-7(20(13,16)17)4-9(14)10(8)12/h3-4,6H,5H2,1-2H3. The van der Waals surface area contributed by atoms with Gasteiger partial charge in [0.25, 0.3) is 9.05 Å². The molecule has 0 fully saturated rings. The molecule has 20 heavy (non-hydrogen) atoms. The summed E-state index contributed by atoms with van der Waals surface area (Å²) >= 11 is 5.63. The van der Waals surface area contributed by atoms with Crippen molar-refractivity contribution in [2.24, 2.45) is 0 Å². The number of hydrogen-bond donors (Lipinski definition) is 0. The van der Waals surface area contributed by atoms with Crippen molar-refractivity contribution in [3.8, 4) is 0 Å². The lowest BCUT2D eigenvalue weighted by Gasteiger charge is -2.13. The smallest absolute Gasteiger partial charge is 0.340 e. The summed E-state index contributed by atoms with van der Waals surface area (Å²) in [5.74, 6) is -2.06. The highest BCUT2D eigenvalue weighted by Gasteiger charge is 2.22.